The summed E-state index contributed by atoms with van der Waals surface area (Å²) < 4.78 is 23.2. The van der Waals surface area contributed by atoms with Crippen LogP contribution in [0.25, 0.3) is 0 Å². The molecule has 0 fully saturated rings. The summed E-state index contributed by atoms with van der Waals surface area (Å²) in [4.78, 5) is 12.0. The summed E-state index contributed by atoms with van der Waals surface area (Å²) in [5.74, 6) is 0.757. The van der Waals surface area contributed by atoms with Crippen molar-refractivity contribution in [3.05, 3.63) is 53.8 Å². The lowest BCUT2D eigenvalue weighted by atomic mass is 10.1. The molecule has 0 saturated heterocycles. The summed E-state index contributed by atoms with van der Waals surface area (Å²) in [7, 11) is 3.11. The van der Waals surface area contributed by atoms with E-state index in [1.807, 2.05) is 0 Å². The van der Waals surface area contributed by atoms with Gasteiger partial charge in [-0.25, -0.2) is 4.39 Å². The molecule has 5 heteroatoms. The molecule has 0 heterocycles. The zero-order valence-corrected chi connectivity index (χ0v) is 11.9. The van der Waals surface area contributed by atoms with Gasteiger partial charge in [-0.2, -0.15) is 0 Å². The first kappa shape index (κ1) is 14.8. The SMILES string of the molecule is COc1ccc(NCC(=O)c2ccc(F)cc2)c(OC)c1. The number of halogens is 1. The molecule has 0 aliphatic carbocycles. The van der Waals surface area contributed by atoms with E-state index in [0.29, 0.717) is 22.7 Å². The molecule has 0 saturated carbocycles. The van der Waals surface area contributed by atoms with E-state index >= 15 is 0 Å². The lowest BCUT2D eigenvalue weighted by Gasteiger charge is -2.12. The Balaban J connectivity index is 2.05. The molecule has 0 radical (unpaired) electrons. The minimum atomic E-state index is -0.365. The number of anilines is 1. The Morgan fingerprint density at radius 2 is 1.81 bits per heavy atom. The Labute approximate surface area is 122 Å². The second-order valence-corrected chi connectivity index (χ2v) is 4.35. The van der Waals surface area contributed by atoms with Crippen LogP contribution in [-0.2, 0) is 0 Å². The van der Waals surface area contributed by atoms with Gasteiger partial charge in [-0.3, -0.25) is 4.79 Å². The number of Topliss-reactive ketones (excluding diaryl/α,β-unsaturated/α-hetero) is 1. The fraction of sp³-hybridized carbons (Fsp3) is 0.188. The van der Waals surface area contributed by atoms with Crippen LogP contribution in [0.3, 0.4) is 0 Å². The Kier molecular flexibility index (Phi) is 4.77. The second-order valence-electron chi connectivity index (χ2n) is 4.35. The molecule has 0 aliphatic heterocycles. The van der Waals surface area contributed by atoms with Crippen LogP contribution in [0.2, 0.25) is 0 Å². The summed E-state index contributed by atoms with van der Waals surface area (Å²) in [6, 6.07) is 10.7. The largest absolute Gasteiger partial charge is 0.497 e. The van der Waals surface area contributed by atoms with E-state index in [-0.39, 0.29) is 18.1 Å². The molecular formula is C16H16FNO3. The van der Waals surface area contributed by atoms with Crippen molar-refractivity contribution in [2.75, 3.05) is 26.1 Å². The highest BCUT2D eigenvalue weighted by atomic mass is 19.1. The van der Waals surface area contributed by atoms with Gasteiger partial charge in [-0.1, -0.05) is 0 Å². The third kappa shape index (κ3) is 3.72. The normalized spacial score (nSPS) is 10.0. The van der Waals surface area contributed by atoms with Gasteiger partial charge in [0.05, 0.1) is 26.5 Å². The summed E-state index contributed by atoms with van der Waals surface area (Å²) in [5.41, 5.74) is 1.14. The molecule has 2 aromatic rings. The number of carbonyl (C=O) groups excluding carboxylic acids is 1. The number of rotatable bonds is 6. The maximum atomic E-state index is 12.8. The van der Waals surface area contributed by atoms with E-state index in [2.05, 4.69) is 5.32 Å². The van der Waals surface area contributed by atoms with Crippen molar-refractivity contribution in [3.8, 4) is 11.5 Å². The van der Waals surface area contributed by atoms with E-state index in [9.17, 15) is 9.18 Å². The molecule has 1 N–H and O–H groups in total. The highest BCUT2D eigenvalue weighted by Gasteiger charge is 2.09. The van der Waals surface area contributed by atoms with E-state index < -0.39 is 0 Å². The van der Waals surface area contributed by atoms with Gasteiger partial charge in [-0.15, -0.1) is 0 Å². The maximum Gasteiger partial charge on any atom is 0.181 e. The lowest BCUT2D eigenvalue weighted by molar-refractivity contribution is 0.101. The van der Waals surface area contributed by atoms with Crippen LogP contribution in [0, 0.1) is 5.82 Å². The Morgan fingerprint density at radius 3 is 2.43 bits per heavy atom. The van der Waals surface area contributed by atoms with Crippen LogP contribution >= 0.6 is 0 Å². The number of hydrogen-bond donors (Lipinski definition) is 1. The predicted molar refractivity (Wildman–Crippen MR) is 78.8 cm³/mol. The van der Waals surface area contributed by atoms with Gasteiger partial charge in [0.15, 0.2) is 5.78 Å². The fourth-order valence-electron chi connectivity index (χ4n) is 1.86. The van der Waals surface area contributed by atoms with E-state index in [4.69, 9.17) is 9.47 Å². The van der Waals surface area contributed by atoms with Crippen molar-refractivity contribution in [3.63, 3.8) is 0 Å². The Hall–Kier alpha value is -2.56. The predicted octanol–water partition coefficient (Wildman–Crippen LogP) is 3.14. The molecule has 0 bridgehead atoms. The molecule has 2 rings (SSSR count). The minimum Gasteiger partial charge on any atom is -0.497 e. The molecular weight excluding hydrogens is 273 g/mol. The number of ether oxygens (including phenoxy) is 2. The van der Waals surface area contributed by atoms with Gasteiger partial charge >= 0.3 is 0 Å². The van der Waals surface area contributed by atoms with Gasteiger partial charge in [0.1, 0.15) is 17.3 Å². The molecule has 4 nitrogen and oxygen atoms in total. The van der Waals surface area contributed by atoms with Crippen LogP contribution in [0.4, 0.5) is 10.1 Å². The first-order chi connectivity index (χ1) is 10.1. The molecule has 0 aliphatic rings. The zero-order chi connectivity index (χ0) is 15.2. The number of ketones is 1. The molecule has 0 aromatic heterocycles. The number of hydrogen-bond acceptors (Lipinski definition) is 4. The molecule has 21 heavy (non-hydrogen) atoms. The third-order valence-corrected chi connectivity index (χ3v) is 3.01. The molecule has 0 spiro atoms. The van der Waals surface area contributed by atoms with Crippen LogP contribution in [-0.4, -0.2) is 26.5 Å². The summed E-state index contributed by atoms with van der Waals surface area (Å²) in [6.45, 7) is 0.0916. The zero-order valence-electron chi connectivity index (χ0n) is 11.9. The van der Waals surface area contributed by atoms with Crippen molar-refractivity contribution in [2.24, 2.45) is 0 Å². The average Bonchev–Trinajstić information content (AvgIpc) is 2.53. The summed E-state index contributed by atoms with van der Waals surface area (Å²) in [5, 5.41) is 3.00. The molecule has 110 valence electrons. The number of carbonyl (C=O) groups is 1. The number of nitrogens with one attached hydrogen (secondary N) is 1. The number of benzene rings is 2. The van der Waals surface area contributed by atoms with E-state index in [1.165, 1.54) is 24.3 Å². The maximum absolute atomic E-state index is 12.8. The topological polar surface area (TPSA) is 47.6 Å². The van der Waals surface area contributed by atoms with Gasteiger partial charge in [0.2, 0.25) is 0 Å². The lowest BCUT2D eigenvalue weighted by Crippen LogP contribution is -2.14. The van der Waals surface area contributed by atoms with Crippen LogP contribution in [0.1, 0.15) is 10.4 Å². The molecule has 2 aromatic carbocycles. The smallest absolute Gasteiger partial charge is 0.181 e. The second kappa shape index (κ2) is 6.74. The van der Waals surface area contributed by atoms with Crippen LogP contribution in [0.15, 0.2) is 42.5 Å². The first-order valence-corrected chi connectivity index (χ1v) is 6.38. The fourth-order valence-corrected chi connectivity index (χ4v) is 1.86. The van der Waals surface area contributed by atoms with Crippen LogP contribution in [0.5, 0.6) is 11.5 Å². The Bertz CT molecular complexity index is 626. The van der Waals surface area contributed by atoms with Crippen molar-refractivity contribution in [1.29, 1.82) is 0 Å². The molecule has 0 unspecified atom stereocenters. The Morgan fingerprint density at radius 1 is 1.10 bits per heavy atom. The van der Waals surface area contributed by atoms with E-state index in [1.54, 1.807) is 32.4 Å². The third-order valence-electron chi connectivity index (χ3n) is 3.01. The van der Waals surface area contributed by atoms with Crippen molar-refractivity contribution in [2.45, 2.75) is 0 Å². The average molecular weight is 289 g/mol. The highest BCUT2D eigenvalue weighted by molar-refractivity contribution is 5.99. The van der Waals surface area contributed by atoms with Gasteiger partial charge in [0.25, 0.3) is 0 Å². The van der Waals surface area contributed by atoms with Gasteiger partial charge in [0, 0.05) is 11.6 Å². The van der Waals surface area contributed by atoms with Gasteiger partial charge < -0.3 is 14.8 Å². The number of methoxy groups -OCH3 is 2. The molecule has 0 atom stereocenters. The highest BCUT2D eigenvalue weighted by Crippen LogP contribution is 2.28. The van der Waals surface area contributed by atoms with Crippen LogP contribution < -0.4 is 14.8 Å². The van der Waals surface area contributed by atoms with Gasteiger partial charge in [-0.05, 0) is 36.4 Å². The first-order valence-electron chi connectivity index (χ1n) is 6.38. The van der Waals surface area contributed by atoms with Crippen molar-refractivity contribution >= 4 is 11.5 Å². The minimum absolute atomic E-state index is 0.0916. The van der Waals surface area contributed by atoms with E-state index in [0.717, 1.165) is 0 Å². The summed E-state index contributed by atoms with van der Waals surface area (Å²) in [6.07, 6.45) is 0. The van der Waals surface area contributed by atoms with Crippen molar-refractivity contribution in [1.82, 2.24) is 0 Å². The molecule has 0 amide bonds. The summed E-state index contributed by atoms with van der Waals surface area (Å²) >= 11 is 0. The quantitative estimate of drug-likeness (QED) is 0.830. The standard InChI is InChI=1S/C16H16FNO3/c1-20-13-7-8-14(16(9-13)21-2)18-10-15(19)11-3-5-12(17)6-4-11/h3-9,18H,10H2,1-2H3. The van der Waals surface area contributed by atoms with Crippen molar-refractivity contribution < 1.29 is 18.7 Å². The monoisotopic (exact) mass is 289 g/mol.